The van der Waals surface area contributed by atoms with Crippen LogP contribution >= 0.6 is 11.6 Å². The van der Waals surface area contributed by atoms with E-state index in [0.29, 0.717) is 28.7 Å². The summed E-state index contributed by atoms with van der Waals surface area (Å²) in [7, 11) is 0. The maximum absolute atomic E-state index is 12.4. The Hall–Kier alpha value is -3.12. The Balaban J connectivity index is 1.73. The first kappa shape index (κ1) is 18.7. The van der Waals surface area contributed by atoms with Gasteiger partial charge >= 0.3 is 0 Å². The van der Waals surface area contributed by atoms with Crippen LogP contribution in [0.1, 0.15) is 23.7 Å². The van der Waals surface area contributed by atoms with Crippen molar-refractivity contribution in [1.82, 2.24) is 9.97 Å². The van der Waals surface area contributed by atoms with E-state index in [0.717, 1.165) is 12.2 Å². The summed E-state index contributed by atoms with van der Waals surface area (Å²) in [5.74, 6) is 0.556. The summed E-state index contributed by atoms with van der Waals surface area (Å²) >= 11 is 5.86. The van der Waals surface area contributed by atoms with Gasteiger partial charge in [0.2, 0.25) is 0 Å². The van der Waals surface area contributed by atoms with Gasteiger partial charge in [-0.2, -0.15) is 0 Å². The van der Waals surface area contributed by atoms with Gasteiger partial charge in [0.25, 0.3) is 11.5 Å². The van der Waals surface area contributed by atoms with Gasteiger partial charge in [-0.15, -0.1) is 0 Å². The maximum Gasteiger partial charge on any atom is 0.264 e. The van der Waals surface area contributed by atoms with Crippen LogP contribution in [-0.4, -0.2) is 22.5 Å². The molecule has 2 aromatic carbocycles. The third-order valence-electron chi connectivity index (χ3n) is 3.75. The first-order valence-corrected chi connectivity index (χ1v) is 8.84. The molecule has 0 aliphatic carbocycles. The standard InChI is InChI=1S/C20H18ClN3O3/c1-2-11-27-16-9-7-15(8-10-16)23-19(25)17-12-22-18(24-20(17)26)13-3-5-14(21)6-4-13/h3-10,12H,2,11H2,1H3,(H,23,25)(H,22,24,26). The van der Waals surface area contributed by atoms with Crippen molar-refractivity contribution in [3.05, 3.63) is 75.7 Å². The van der Waals surface area contributed by atoms with Crippen LogP contribution in [0.3, 0.4) is 0 Å². The lowest BCUT2D eigenvalue weighted by Gasteiger charge is -2.08. The molecule has 138 valence electrons. The molecule has 0 saturated carbocycles. The topological polar surface area (TPSA) is 84.1 Å². The molecule has 1 aromatic heterocycles. The van der Waals surface area contributed by atoms with E-state index in [1.165, 1.54) is 6.20 Å². The number of rotatable bonds is 6. The Morgan fingerprint density at radius 3 is 2.48 bits per heavy atom. The van der Waals surface area contributed by atoms with Crippen LogP contribution in [0.15, 0.2) is 59.5 Å². The second-order valence-corrected chi connectivity index (χ2v) is 6.24. The molecule has 27 heavy (non-hydrogen) atoms. The molecule has 0 atom stereocenters. The van der Waals surface area contributed by atoms with Crippen molar-refractivity contribution in [2.24, 2.45) is 0 Å². The zero-order valence-corrected chi connectivity index (χ0v) is 15.4. The Labute approximate surface area is 161 Å². The van der Waals surface area contributed by atoms with Gasteiger partial charge in [0, 0.05) is 22.5 Å². The van der Waals surface area contributed by atoms with Crippen LogP contribution in [0.2, 0.25) is 5.02 Å². The van der Waals surface area contributed by atoms with E-state index in [4.69, 9.17) is 16.3 Å². The fourth-order valence-corrected chi connectivity index (χ4v) is 2.49. The van der Waals surface area contributed by atoms with Crippen molar-refractivity contribution in [1.29, 1.82) is 0 Å². The van der Waals surface area contributed by atoms with Crippen LogP contribution in [-0.2, 0) is 0 Å². The Morgan fingerprint density at radius 2 is 1.85 bits per heavy atom. The normalized spacial score (nSPS) is 10.4. The van der Waals surface area contributed by atoms with E-state index in [1.54, 1.807) is 48.5 Å². The number of nitrogens with one attached hydrogen (secondary N) is 2. The second kappa shape index (κ2) is 8.51. The second-order valence-electron chi connectivity index (χ2n) is 5.81. The Morgan fingerprint density at radius 1 is 1.15 bits per heavy atom. The first-order valence-electron chi connectivity index (χ1n) is 8.46. The molecule has 6 nitrogen and oxygen atoms in total. The number of H-pyrrole nitrogens is 1. The number of anilines is 1. The number of hydrogen-bond acceptors (Lipinski definition) is 4. The van der Waals surface area contributed by atoms with Gasteiger partial charge in [0.05, 0.1) is 6.61 Å². The molecular weight excluding hydrogens is 366 g/mol. The van der Waals surface area contributed by atoms with Crippen LogP contribution in [0.4, 0.5) is 5.69 Å². The number of ether oxygens (including phenoxy) is 1. The van der Waals surface area contributed by atoms with Crippen molar-refractivity contribution in [3.63, 3.8) is 0 Å². The molecule has 0 fully saturated rings. The van der Waals surface area contributed by atoms with Crippen LogP contribution < -0.4 is 15.6 Å². The monoisotopic (exact) mass is 383 g/mol. The van der Waals surface area contributed by atoms with Gasteiger partial charge < -0.3 is 15.0 Å². The molecule has 2 N–H and O–H groups in total. The minimum absolute atomic E-state index is 0.0703. The smallest absolute Gasteiger partial charge is 0.264 e. The molecule has 0 saturated heterocycles. The molecular formula is C20H18ClN3O3. The van der Waals surface area contributed by atoms with Crippen molar-refractivity contribution in [2.45, 2.75) is 13.3 Å². The largest absolute Gasteiger partial charge is 0.494 e. The minimum atomic E-state index is -0.534. The van der Waals surface area contributed by atoms with Gasteiger partial charge in [0.15, 0.2) is 0 Å². The van der Waals surface area contributed by atoms with E-state index < -0.39 is 11.5 Å². The third kappa shape index (κ3) is 4.74. The van der Waals surface area contributed by atoms with Gasteiger partial charge in [0.1, 0.15) is 17.1 Å². The lowest BCUT2D eigenvalue weighted by atomic mass is 10.2. The number of carbonyl (C=O) groups excluding carboxylic acids is 1. The first-order chi connectivity index (χ1) is 13.1. The number of hydrogen-bond donors (Lipinski definition) is 2. The van der Waals surface area contributed by atoms with E-state index >= 15 is 0 Å². The molecule has 1 heterocycles. The highest BCUT2D eigenvalue weighted by Gasteiger charge is 2.13. The summed E-state index contributed by atoms with van der Waals surface area (Å²) in [5.41, 5.74) is 0.672. The summed E-state index contributed by atoms with van der Waals surface area (Å²) in [6, 6.07) is 13.8. The molecule has 0 aliphatic rings. The van der Waals surface area contributed by atoms with Crippen LogP contribution in [0.5, 0.6) is 5.75 Å². The van der Waals surface area contributed by atoms with Crippen molar-refractivity contribution < 1.29 is 9.53 Å². The number of halogens is 1. The molecule has 0 aliphatic heterocycles. The Kier molecular flexibility index (Phi) is 5.88. The maximum atomic E-state index is 12.4. The number of nitrogens with zero attached hydrogens (tertiary/aromatic N) is 1. The molecule has 0 radical (unpaired) electrons. The lowest BCUT2D eigenvalue weighted by molar-refractivity contribution is 0.102. The van der Waals surface area contributed by atoms with Gasteiger partial charge in [-0.25, -0.2) is 4.98 Å². The van der Waals surface area contributed by atoms with Gasteiger partial charge in [-0.05, 0) is 55.0 Å². The predicted octanol–water partition coefficient (Wildman–Crippen LogP) is 4.13. The number of carbonyl (C=O) groups is 1. The van der Waals surface area contributed by atoms with Crippen molar-refractivity contribution in [3.8, 4) is 17.1 Å². The highest BCUT2D eigenvalue weighted by molar-refractivity contribution is 6.30. The molecule has 0 unspecified atom stereocenters. The average molecular weight is 384 g/mol. The van der Waals surface area contributed by atoms with E-state index in [1.807, 2.05) is 6.92 Å². The molecule has 0 bridgehead atoms. The number of aromatic amines is 1. The summed E-state index contributed by atoms with van der Waals surface area (Å²) in [4.78, 5) is 31.4. The molecule has 7 heteroatoms. The third-order valence-corrected chi connectivity index (χ3v) is 4.00. The number of benzene rings is 2. The SMILES string of the molecule is CCCOc1ccc(NC(=O)c2cnc(-c3ccc(Cl)cc3)[nH]c2=O)cc1. The summed E-state index contributed by atoms with van der Waals surface area (Å²) < 4.78 is 5.50. The molecule has 0 spiro atoms. The fourth-order valence-electron chi connectivity index (χ4n) is 2.36. The van der Waals surface area contributed by atoms with E-state index in [2.05, 4.69) is 15.3 Å². The van der Waals surface area contributed by atoms with Crippen molar-refractivity contribution in [2.75, 3.05) is 11.9 Å². The molecule has 3 rings (SSSR count). The summed E-state index contributed by atoms with van der Waals surface area (Å²) in [6.07, 6.45) is 2.18. The molecule has 1 amide bonds. The fraction of sp³-hybridized carbons (Fsp3) is 0.150. The quantitative estimate of drug-likeness (QED) is 0.670. The molecule has 3 aromatic rings. The van der Waals surface area contributed by atoms with Crippen molar-refractivity contribution >= 4 is 23.2 Å². The number of amides is 1. The Bertz CT molecular complexity index is 983. The zero-order valence-electron chi connectivity index (χ0n) is 14.7. The summed E-state index contributed by atoms with van der Waals surface area (Å²) in [6.45, 7) is 2.66. The highest BCUT2D eigenvalue weighted by atomic mass is 35.5. The minimum Gasteiger partial charge on any atom is -0.494 e. The number of aromatic nitrogens is 2. The van der Waals surface area contributed by atoms with E-state index in [9.17, 15) is 9.59 Å². The van der Waals surface area contributed by atoms with Gasteiger partial charge in [-0.3, -0.25) is 9.59 Å². The van der Waals surface area contributed by atoms with Crippen LogP contribution in [0, 0.1) is 0 Å². The van der Waals surface area contributed by atoms with Crippen LogP contribution in [0.25, 0.3) is 11.4 Å². The summed E-state index contributed by atoms with van der Waals surface area (Å²) in [5, 5.41) is 3.26. The lowest BCUT2D eigenvalue weighted by Crippen LogP contribution is -2.24. The highest BCUT2D eigenvalue weighted by Crippen LogP contribution is 2.18. The van der Waals surface area contributed by atoms with E-state index in [-0.39, 0.29) is 5.56 Å². The predicted molar refractivity (Wildman–Crippen MR) is 105 cm³/mol. The zero-order chi connectivity index (χ0) is 19.2. The average Bonchev–Trinajstić information content (AvgIpc) is 2.68. The van der Waals surface area contributed by atoms with Gasteiger partial charge in [-0.1, -0.05) is 18.5 Å².